The van der Waals surface area contributed by atoms with E-state index >= 15 is 0 Å². The van der Waals surface area contributed by atoms with E-state index in [0.717, 1.165) is 12.8 Å². The first kappa shape index (κ1) is 8.53. The average Bonchev–Trinajstić information content (AvgIpc) is 2.85. The lowest BCUT2D eigenvalue weighted by molar-refractivity contribution is -0.135. The molecule has 4 heteroatoms. The molecule has 1 saturated carbocycles. The summed E-state index contributed by atoms with van der Waals surface area (Å²) in [6.07, 6.45) is 1.97. The third kappa shape index (κ3) is 1.30. The SMILES string of the molecule is CC1CN(C)C(=O)N(C2CC2)C1=O. The summed E-state index contributed by atoms with van der Waals surface area (Å²) in [6, 6.07) is 0.0794. The molecule has 2 rings (SSSR count). The van der Waals surface area contributed by atoms with E-state index in [1.54, 1.807) is 11.9 Å². The molecule has 3 amide bonds. The third-order valence-corrected chi connectivity index (χ3v) is 2.65. The van der Waals surface area contributed by atoms with Gasteiger partial charge in [-0.2, -0.15) is 0 Å². The van der Waals surface area contributed by atoms with Crippen LogP contribution in [0.4, 0.5) is 4.79 Å². The van der Waals surface area contributed by atoms with Gasteiger partial charge in [0.15, 0.2) is 0 Å². The highest BCUT2D eigenvalue weighted by molar-refractivity contribution is 5.98. The molecule has 13 heavy (non-hydrogen) atoms. The van der Waals surface area contributed by atoms with Crippen LogP contribution in [-0.2, 0) is 4.79 Å². The summed E-state index contributed by atoms with van der Waals surface area (Å²) in [7, 11) is 1.75. The smallest absolute Gasteiger partial charge is 0.326 e. The van der Waals surface area contributed by atoms with Crippen molar-refractivity contribution in [3.8, 4) is 0 Å². The largest absolute Gasteiger partial charge is 0.327 e. The molecule has 1 unspecified atom stereocenters. The van der Waals surface area contributed by atoms with E-state index in [-0.39, 0.29) is 23.9 Å². The molecule has 72 valence electrons. The van der Waals surface area contributed by atoms with Gasteiger partial charge in [0.05, 0.1) is 5.92 Å². The van der Waals surface area contributed by atoms with Crippen molar-refractivity contribution in [2.24, 2.45) is 5.92 Å². The lowest BCUT2D eigenvalue weighted by Gasteiger charge is -2.35. The van der Waals surface area contributed by atoms with Crippen LogP contribution in [0.1, 0.15) is 19.8 Å². The van der Waals surface area contributed by atoms with Gasteiger partial charge in [-0.05, 0) is 12.8 Å². The minimum absolute atomic E-state index is 0.00519. The van der Waals surface area contributed by atoms with Gasteiger partial charge in [0.1, 0.15) is 0 Å². The highest BCUT2D eigenvalue weighted by Gasteiger charge is 2.43. The molecular weight excluding hydrogens is 168 g/mol. The molecule has 2 aliphatic rings. The van der Waals surface area contributed by atoms with Crippen LogP contribution in [0.15, 0.2) is 0 Å². The van der Waals surface area contributed by atoms with E-state index < -0.39 is 0 Å². The minimum Gasteiger partial charge on any atom is -0.327 e. The highest BCUT2D eigenvalue weighted by Crippen LogP contribution is 2.31. The van der Waals surface area contributed by atoms with Crippen LogP contribution in [-0.4, -0.2) is 41.4 Å². The molecule has 1 aliphatic carbocycles. The molecule has 1 heterocycles. The van der Waals surface area contributed by atoms with E-state index in [9.17, 15) is 9.59 Å². The zero-order chi connectivity index (χ0) is 9.59. The quantitative estimate of drug-likeness (QED) is 0.598. The van der Waals surface area contributed by atoms with Crippen molar-refractivity contribution in [1.82, 2.24) is 9.80 Å². The van der Waals surface area contributed by atoms with Crippen LogP contribution in [0.2, 0.25) is 0 Å². The van der Waals surface area contributed by atoms with E-state index in [1.807, 2.05) is 6.92 Å². The lowest BCUT2D eigenvalue weighted by atomic mass is 10.1. The second-order valence-electron chi connectivity index (χ2n) is 4.00. The minimum atomic E-state index is -0.120. The molecule has 0 radical (unpaired) electrons. The molecule has 0 bridgehead atoms. The standard InChI is InChI=1S/C9H14N2O2/c1-6-5-10(2)9(13)11(8(6)12)7-3-4-7/h6-7H,3-5H2,1-2H3. The summed E-state index contributed by atoms with van der Waals surface area (Å²) in [5.41, 5.74) is 0. The fourth-order valence-corrected chi connectivity index (χ4v) is 1.75. The molecule has 1 atom stereocenters. The first-order valence-corrected chi connectivity index (χ1v) is 4.69. The molecule has 1 aliphatic heterocycles. The van der Waals surface area contributed by atoms with Crippen molar-refractivity contribution in [1.29, 1.82) is 0 Å². The van der Waals surface area contributed by atoms with Gasteiger partial charge in [0.25, 0.3) is 0 Å². The summed E-state index contributed by atoms with van der Waals surface area (Å²) < 4.78 is 0. The Bertz CT molecular complexity index is 240. The fourth-order valence-electron chi connectivity index (χ4n) is 1.75. The summed E-state index contributed by atoms with van der Waals surface area (Å²) in [6.45, 7) is 2.43. The number of rotatable bonds is 1. The summed E-state index contributed by atoms with van der Waals surface area (Å²) >= 11 is 0. The van der Waals surface area contributed by atoms with Crippen LogP contribution in [0, 0.1) is 5.92 Å². The number of amides is 3. The molecule has 4 nitrogen and oxygen atoms in total. The van der Waals surface area contributed by atoms with Gasteiger partial charge in [-0.3, -0.25) is 9.69 Å². The van der Waals surface area contributed by atoms with E-state index in [1.165, 1.54) is 4.90 Å². The van der Waals surface area contributed by atoms with Gasteiger partial charge in [-0.15, -0.1) is 0 Å². The Labute approximate surface area is 77.5 Å². The van der Waals surface area contributed by atoms with Gasteiger partial charge in [-0.25, -0.2) is 4.79 Å². The Morgan fingerprint density at radius 2 is 1.92 bits per heavy atom. The van der Waals surface area contributed by atoms with Gasteiger partial charge in [0.2, 0.25) is 5.91 Å². The number of carbonyl (C=O) groups excluding carboxylic acids is 2. The predicted octanol–water partition coefficient (Wildman–Crippen LogP) is 0.679. The zero-order valence-corrected chi connectivity index (χ0v) is 7.99. The fraction of sp³-hybridized carbons (Fsp3) is 0.778. The number of hydrogen-bond donors (Lipinski definition) is 0. The molecule has 0 aromatic carbocycles. The summed E-state index contributed by atoms with van der Waals surface area (Å²) in [4.78, 5) is 26.3. The van der Waals surface area contributed by atoms with Crippen molar-refractivity contribution in [2.75, 3.05) is 13.6 Å². The lowest BCUT2D eigenvalue weighted by Crippen LogP contribution is -2.55. The number of carbonyl (C=O) groups is 2. The van der Waals surface area contributed by atoms with Crippen molar-refractivity contribution in [3.63, 3.8) is 0 Å². The number of nitrogens with zero attached hydrogens (tertiary/aromatic N) is 2. The van der Waals surface area contributed by atoms with Crippen LogP contribution in [0.5, 0.6) is 0 Å². The van der Waals surface area contributed by atoms with Crippen molar-refractivity contribution in [3.05, 3.63) is 0 Å². The Kier molecular flexibility index (Phi) is 1.78. The van der Waals surface area contributed by atoms with Crippen molar-refractivity contribution >= 4 is 11.9 Å². The average molecular weight is 182 g/mol. The third-order valence-electron chi connectivity index (χ3n) is 2.65. The second kappa shape index (κ2) is 2.72. The summed E-state index contributed by atoms with van der Waals surface area (Å²) in [5.74, 6) is -0.0334. The second-order valence-corrected chi connectivity index (χ2v) is 4.00. The molecule has 2 fully saturated rings. The van der Waals surface area contributed by atoms with Crippen LogP contribution < -0.4 is 0 Å². The highest BCUT2D eigenvalue weighted by atomic mass is 16.2. The molecular formula is C9H14N2O2. The number of imide groups is 1. The first-order valence-electron chi connectivity index (χ1n) is 4.69. The van der Waals surface area contributed by atoms with Gasteiger partial charge >= 0.3 is 6.03 Å². The van der Waals surface area contributed by atoms with Crippen LogP contribution in [0.3, 0.4) is 0 Å². The number of urea groups is 1. The maximum Gasteiger partial charge on any atom is 0.326 e. The molecule has 1 saturated heterocycles. The van der Waals surface area contributed by atoms with Gasteiger partial charge in [0, 0.05) is 19.6 Å². The molecule has 0 aromatic rings. The molecule has 0 N–H and O–H groups in total. The monoisotopic (exact) mass is 182 g/mol. The maximum atomic E-state index is 11.6. The van der Waals surface area contributed by atoms with E-state index in [0.29, 0.717) is 6.54 Å². The normalized spacial score (nSPS) is 29.8. The maximum absolute atomic E-state index is 11.6. The van der Waals surface area contributed by atoms with Crippen LogP contribution in [0.25, 0.3) is 0 Å². The molecule has 0 spiro atoms. The topological polar surface area (TPSA) is 40.6 Å². The molecule has 0 aromatic heterocycles. The zero-order valence-electron chi connectivity index (χ0n) is 7.99. The Morgan fingerprint density at radius 3 is 2.46 bits per heavy atom. The van der Waals surface area contributed by atoms with E-state index in [4.69, 9.17) is 0 Å². The first-order chi connectivity index (χ1) is 6.11. The summed E-state index contributed by atoms with van der Waals surface area (Å²) in [5, 5.41) is 0. The van der Waals surface area contributed by atoms with Crippen LogP contribution >= 0.6 is 0 Å². The number of hydrogen-bond acceptors (Lipinski definition) is 2. The Balaban J connectivity index is 2.19. The van der Waals surface area contributed by atoms with E-state index in [2.05, 4.69) is 0 Å². The predicted molar refractivity (Wildman–Crippen MR) is 47.1 cm³/mol. The van der Waals surface area contributed by atoms with Gasteiger partial charge in [-0.1, -0.05) is 6.92 Å². The Morgan fingerprint density at radius 1 is 1.31 bits per heavy atom. The Hall–Kier alpha value is -1.06. The van der Waals surface area contributed by atoms with Gasteiger partial charge < -0.3 is 4.90 Å². The van der Waals surface area contributed by atoms with Crippen molar-refractivity contribution in [2.45, 2.75) is 25.8 Å². The van der Waals surface area contributed by atoms with Crippen molar-refractivity contribution < 1.29 is 9.59 Å².